The second kappa shape index (κ2) is 5.31. The summed E-state index contributed by atoms with van der Waals surface area (Å²) in [4.78, 5) is 3.99. The molecule has 1 saturated carbocycles. The molecule has 0 aromatic carbocycles. The largest absolute Gasteiger partial charge is 0.383 e. The Hall–Kier alpha value is -1.18. The Kier molecular flexibility index (Phi) is 3.66. The van der Waals surface area contributed by atoms with Crippen LogP contribution in [0.15, 0.2) is 23.2 Å². The van der Waals surface area contributed by atoms with E-state index < -0.39 is 10.0 Å². The molecule has 1 aromatic rings. The number of nitrogen functional groups attached to an aromatic ring is 1. The molecule has 20 heavy (non-hydrogen) atoms. The van der Waals surface area contributed by atoms with Gasteiger partial charge in [-0.15, -0.1) is 0 Å². The minimum Gasteiger partial charge on any atom is -0.383 e. The SMILES string of the molecule is Nc1ncccc1S(=O)(=O)N1CCOC2CCCCC21. The van der Waals surface area contributed by atoms with Gasteiger partial charge in [-0.1, -0.05) is 12.8 Å². The fourth-order valence-electron chi connectivity index (χ4n) is 3.11. The third kappa shape index (κ3) is 2.30. The van der Waals surface area contributed by atoms with Gasteiger partial charge in [0.05, 0.1) is 18.8 Å². The lowest BCUT2D eigenvalue weighted by Crippen LogP contribution is -2.54. The Morgan fingerprint density at radius 2 is 2.15 bits per heavy atom. The second-order valence-electron chi connectivity index (χ2n) is 5.26. The number of rotatable bonds is 2. The minimum absolute atomic E-state index is 0.0187. The van der Waals surface area contributed by atoms with Crippen LogP contribution >= 0.6 is 0 Å². The van der Waals surface area contributed by atoms with Gasteiger partial charge in [-0.25, -0.2) is 13.4 Å². The molecule has 1 aliphatic heterocycles. The minimum atomic E-state index is -3.60. The number of morpholine rings is 1. The number of sulfonamides is 1. The van der Waals surface area contributed by atoms with Crippen molar-refractivity contribution in [3.05, 3.63) is 18.3 Å². The van der Waals surface area contributed by atoms with E-state index in [0.717, 1.165) is 25.7 Å². The van der Waals surface area contributed by atoms with Crippen LogP contribution in [0, 0.1) is 0 Å². The van der Waals surface area contributed by atoms with Crippen LogP contribution in [-0.2, 0) is 14.8 Å². The molecular formula is C13H19N3O3S. The summed E-state index contributed by atoms with van der Waals surface area (Å²) in [5.74, 6) is 0.0614. The van der Waals surface area contributed by atoms with Crippen molar-refractivity contribution in [2.75, 3.05) is 18.9 Å². The molecule has 2 unspecified atom stereocenters. The third-order valence-corrected chi connectivity index (χ3v) is 6.04. The van der Waals surface area contributed by atoms with Gasteiger partial charge in [-0.2, -0.15) is 4.31 Å². The van der Waals surface area contributed by atoms with Crippen LogP contribution in [0.1, 0.15) is 25.7 Å². The molecule has 0 bridgehead atoms. The topological polar surface area (TPSA) is 85.5 Å². The van der Waals surface area contributed by atoms with Crippen LogP contribution in [0.2, 0.25) is 0 Å². The van der Waals surface area contributed by atoms with Gasteiger partial charge in [-0.3, -0.25) is 0 Å². The Bertz CT molecular complexity index is 588. The molecule has 2 heterocycles. The highest BCUT2D eigenvalue weighted by atomic mass is 32.2. The van der Waals surface area contributed by atoms with Crippen molar-refractivity contribution < 1.29 is 13.2 Å². The van der Waals surface area contributed by atoms with Crippen LogP contribution in [0.25, 0.3) is 0 Å². The fraction of sp³-hybridized carbons (Fsp3) is 0.615. The van der Waals surface area contributed by atoms with E-state index in [1.807, 2.05) is 0 Å². The Morgan fingerprint density at radius 1 is 1.35 bits per heavy atom. The highest BCUT2D eigenvalue weighted by Gasteiger charge is 2.41. The molecule has 3 rings (SSSR count). The number of nitrogens with two attached hydrogens (primary N) is 1. The summed E-state index contributed by atoms with van der Waals surface area (Å²) in [5, 5.41) is 0. The number of pyridine rings is 1. The Morgan fingerprint density at radius 3 is 2.95 bits per heavy atom. The monoisotopic (exact) mass is 297 g/mol. The van der Waals surface area contributed by atoms with E-state index in [9.17, 15) is 8.42 Å². The van der Waals surface area contributed by atoms with Gasteiger partial charge in [0.15, 0.2) is 0 Å². The zero-order chi connectivity index (χ0) is 14.2. The Balaban J connectivity index is 1.96. The summed E-state index contributed by atoms with van der Waals surface area (Å²) < 4.78 is 32.9. The van der Waals surface area contributed by atoms with E-state index in [-0.39, 0.29) is 22.9 Å². The molecule has 2 fully saturated rings. The van der Waals surface area contributed by atoms with Crippen LogP contribution in [0.5, 0.6) is 0 Å². The van der Waals surface area contributed by atoms with E-state index in [4.69, 9.17) is 10.5 Å². The van der Waals surface area contributed by atoms with E-state index >= 15 is 0 Å². The first kappa shape index (κ1) is 13.8. The molecule has 0 spiro atoms. The maximum absolute atomic E-state index is 12.8. The van der Waals surface area contributed by atoms with Crippen LogP contribution in [-0.4, -0.2) is 43.0 Å². The van der Waals surface area contributed by atoms with Crippen molar-refractivity contribution in [3.63, 3.8) is 0 Å². The van der Waals surface area contributed by atoms with E-state index in [0.29, 0.717) is 13.2 Å². The molecule has 1 aromatic heterocycles. The van der Waals surface area contributed by atoms with Gasteiger partial charge >= 0.3 is 0 Å². The average Bonchev–Trinajstić information content (AvgIpc) is 2.47. The lowest BCUT2D eigenvalue weighted by molar-refractivity contribution is -0.0586. The molecule has 1 saturated heterocycles. The van der Waals surface area contributed by atoms with Crippen LogP contribution < -0.4 is 5.73 Å². The molecule has 6 nitrogen and oxygen atoms in total. The number of anilines is 1. The van der Waals surface area contributed by atoms with Crippen molar-refractivity contribution in [1.29, 1.82) is 0 Å². The van der Waals surface area contributed by atoms with Gasteiger partial charge in [0.2, 0.25) is 10.0 Å². The van der Waals surface area contributed by atoms with Gasteiger partial charge < -0.3 is 10.5 Å². The number of hydrogen-bond acceptors (Lipinski definition) is 5. The maximum Gasteiger partial charge on any atom is 0.247 e. The molecule has 7 heteroatoms. The molecule has 0 amide bonds. The number of hydrogen-bond donors (Lipinski definition) is 1. The van der Waals surface area contributed by atoms with Gasteiger partial charge in [0.1, 0.15) is 10.7 Å². The molecule has 110 valence electrons. The lowest BCUT2D eigenvalue weighted by atomic mass is 9.91. The number of ether oxygens (including phenoxy) is 1. The van der Waals surface area contributed by atoms with Gasteiger partial charge in [0.25, 0.3) is 0 Å². The third-order valence-electron chi connectivity index (χ3n) is 4.07. The van der Waals surface area contributed by atoms with Crippen molar-refractivity contribution in [1.82, 2.24) is 9.29 Å². The summed E-state index contributed by atoms with van der Waals surface area (Å²) in [6, 6.07) is 3.05. The van der Waals surface area contributed by atoms with Crippen molar-refractivity contribution in [2.24, 2.45) is 0 Å². The van der Waals surface area contributed by atoms with Crippen LogP contribution in [0.3, 0.4) is 0 Å². The summed E-state index contributed by atoms with van der Waals surface area (Å²) in [6.07, 6.45) is 5.44. The molecule has 1 aliphatic carbocycles. The quantitative estimate of drug-likeness (QED) is 0.880. The first-order valence-corrected chi connectivity index (χ1v) is 8.38. The maximum atomic E-state index is 12.8. The zero-order valence-corrected chi connectivity index (χ0v) is 12.1. The molecule has 0 radical (unpaired) electrons. The van der Waals surface area contributed by atoms with E-state index in [1.54, 1.807) is 10.4 Å². The summed E-state index contributed by atoms with van der Waals surface area (Å²) in [5.41, 5.74) is 5.73. The molecule has 2 N–H and O–H groups in total. The first-order valence-electron chi connectivity index (χ1n) is 6.94. The van der Waals surface area contributed by atoms with E-state index in [1.165, 1.54) is 12.3 Å². The fourth-order valence-corrected chi connectivity index (χ4v) is 4.84. The summed E-state index contributed by atoms with van der Waals surface area (Å²) >= 11 is 0. The standard InChI is InChI=1S/C13H19N3O3S/c14-13-12(6-3-7-15-13)20(17,18)16-8-9-19-11-5-2-1-4-10(11)16/h3,6-7,10-11H,1-2,4-5,8-9H2,(H2,14,15). The van der Waals surface area contributed by atoms with Crippen molar-refractivity contribution in [3.8, 4) is 0 Å². The predicted octanol–water partition coefficient (Wildman–Crippen LogP) is 0.996. The molecule has 2 aliphatic rings. The number of fused-ring (bicyclic) bond motifs is 1. The normalized spacial score (nSPS) is 28.0. The second-order valence-corrected chi connectivity index (χ2v) is 7.12. The predicted molar refractivity (Wildman–Crippen MR) is 74.5 cm³/mol. The van der Waals surface area contributed by atoms with Gasteiger partial charge in [0, 0.05) is 12.7 Å². The van der Waals surface area contributed by atoms with Crippen molar-refractivity contribution in [2.45, 2.75) is 42.7 Å². The smallest absolute Gasteiger partial charge is 0.247 e. The van der Waals surface area contributed by atoms with E-state index in [2.05, 4.69) is 4.98 Å². The summed E-state index contributed by atoms with van der Waals surface area (Å²) in [7, 11) is -3.60. The molecule has 2 atom stereocenters. The van der Waals surface area contributed by atoms with Crippen LogP contribution in [0.4, 0.5) is 5.82 Å². The summed E-state index contributed by atoms with van der Waals surface area (Å²) in [6.45, 7) is 0.832. The van der Waals surface area contributed by atoms with Crippen molar-refractivity contribution >= 4 is 15.8 Å². The highest BCUT2D eigenvalue weighted by Crippen LogP contribution is 2.33. The highest BCUT2D eigenvalue weighted by molar-refractivity contribution is 7.89. The number of aromatic nitrogens is 1. The average molecular weight is 297 g/mol. The zero-order valence-electron chi connectivity index (χ0n) is 11.2. The Labute approximate surface area is 119 Å². The molecular weight excluding hydrogens is 278 g/mol. The lowest BCUT2D eigenvalue weighted by Gasteiger charge is -2.42. The number of nitrogens with zero attached hydrogens (tertiary/aromatic N) is 2. The van der Waals surface area contributed by atoms with Gasteiger partial charge in [-0.05, 0) is 25.0 Å². The first-order chi connectivity index (χ1) is 9.60.